The van der Waals surface area contributed by atoms with E-state index >= 15 is 0 Å². The van der Waals surface area contributed by atoms with Crippen LogP contribution in [0.25, 0.3) is 0 Å². The van der Waals surface area contributed by atoms with Gasteiger partial charge >= 0.3 is 0 Å². The Kier molecular flexibility index (Phi) is 5.20. The second-order valence-electron chi connectivity index (χ2n) is 8.05. The first kappa shape index (κ1) is 19.7. The summed E-state index contributed by atoms with van der Waals surface area (Å²) in [7, 11) is -0.435. The summed E-state index contributed by atoms with van der Waals surface area (Å²) >= 11 is 0. The van der Waals surface area contributed by atoms with Crippen LogP contribution in [0.2, 0.25) is 19.6 Å². The third-order valence-corrected chi connectivity index (χ3v) is 6.94. The molecule has 3 rings (SSSR count). The monoisotopic (exact) mass is 395 g/mol. The number of amides is 1. The van der Waals surface area contributed by atoms with Crippen molar-refractivity contribution in [2.75, 3.05) is 0 Å². The fourth-order valence-electron chi connectivity index (χ4n) is 3.34. The number of aromatic nitrogens is 2. The van der Waals surface area contributed by atoms with E-state index in [0.717, 1.165) is 18.4 Å². The maximum Gasteiger partial charge on any atom is 0.283 e. The number of halogens is 3. The molecule has 1 fully saturated rings. The summed E-state index contributed by atoms with van der Waals surface area (Å²) in [5.74, 6) is -1.72. The van der Waals surface area contributed by atoms with Crippen LogP contribution in [0.4, 0.5) is 13.2 Å². The van der Waals surface area contributed by atoms with Crippen molar-refractivity contribution in [3.05, 3.63) is 47.0 Å². The van der Waals surface area contributed by atoms with Crippen LogP contribution in [0.1, 0.15) is 40.9 Å². The molecule has 27 heavy (non-hydrogen) atoms. The first-order valence-corrected chi connectivity index (χ1v) is 12.5. The second kappa shape index (κ2) is 7.14. The zero-order valence-corrected chi connectivity index (χ0v) is 17.0. The van der Waals surface area contributed by atoms with Gasteiger partial charge in [0.2, 0.25) is 5.95 Å². The molecule has 0 spiro atoms. The molecule has 0 unspecified atom stereocenters. The van der Waals surface area contributed by atoms with Gasteiger partial charge in [-0.1, -0.05) is 49.1 Å². The number of aryl methyl sites for hydroxylation is 1. The molecule has 1 aromatic carbocycles. The molecule has 8 heteroatoms. The quantitative estimate of drug-likeness (QED) is 0.697. The van der Waals surface area contributed by atoms with Crippen LogP contribution in [0.5, 0.6) is 0 Å². The van der Waals surface area contributed by atoms with E-state index in [-0.39, 0.29) is 6.04 Å². The Bertz CT molecular complexity index is 856. The minimum absolute atomic E-state index is 0.0441. The van der Waals surface area contributed by atoms with E-state index in [0.29, 0.717) is 11.2 Å². The summed E-state index contributed by atoms with van der Waals surface area (Å²) in [5.41, 5.74) is -0.395. The summed E-state index contributed by atoms with van der Waals surface area (Å²) in [6, 6.07) is 7.85. The smallest absolute Gasteiger partial charge is 0.283 e. The number of nitrogens with zero attached hydrogens (tertiary/aromatic N) is 3. The lowest BCUT2D eigenvalue weighted by Crippen LogP contribution is -2.43. The maximum atomic E-state index is 14.4. The Hall–Kier alpha value is -2.09. The number of hydrogen-bond donors (Lipinski definition) is 0. The highest BCUT2D eigenvalue weighted by molar-refractivity contribution is 6.89. The van der Waals surface area contributed by atoms with Crippen molar-refractivity contribution in [1.82, 2.24) is 14.7 Å². The van der Waals surface area contributed by atoms with E-state index in [4.69, 9.17) is 0 Å². The molecule has 1 heterocycles. The summed E-state index contributed by atoms with van der Waals surface area (Å²) < 4.78 is 41.7. The largest absolute Gasteiger partial charge is 0.331 e. The number of carbonyl (C=O) groups is 1. The van der Waals surface area contributed by atoms with Gasteiger partial charge in [-0.2, -0.15) is 9.49 Å². The molecular formula is C19H24F3N3OSi. The number of benzene rings is 1. The molecule has 0 atom stereocenters. The average molecular weight is 396 g/mol. The van der Waals surface area contributed by atoms with Crippen molar-refractivity contribution < 1.29 is 18.0 Å². The maximum absolute atomic E-state index is 14.4. The summed E-state index contributed by atoms with van der Waals surface area (Å²) in [6.45, 7) is 6.93. The Morgan fingerprint density at radius 2 is 1.93 bits per heavy atom. The second-order valence-corrected chi connectivity index (χ2v) is 13.1. The van der Waals surface area contributed by atoms with Gasteiger partial charge in [-0.3, -0.25) is 4.79 Å². The van der Waals surface area contributed by atoms with Crippen molar-refractivity contribution in [2.45, 2.75) is 51.5 Å². The zero-order chi connectivity index (χ0) is 19.9. The minimum Gasteiger partial charge on any atom is -0.331 e. The SMILES string of the molecule is Cn1nc(C(F)F)c(C(=O)N(Cc2ccccc2[Si](C)(C)C)C2CC2)c1F. The summed E-state index contributed by atoms with van der Waals surface area (Å²) in [4.78, 5) is 14.6. The first-order valence-electron chi connectivity index (χ1n) is 9.01. The topological polar surface area (TPSA) is 38.1 Å². The van der Waals surface area contributed by atoms with Gasteiger partial charge in [-0.25, -0.2) is 13.5 Å². The van der Waals surface area contributed by atoms with Crippen molar-refractivity contribution in [1.29, 1.82) is 0 Å². The summed E-state index contributed by atoms with van der Waals surface area (Å²) in [5, 5.41) is 4.72. The van der Waals surface area contributed by atoms with Gasteiger partial charge in [0.15, 0.2) is 0 Å². The van der Waals surface area contributed by atoms with Gasteiger partial charge in [-0.05, 0) is 18.4 Å². The fourth-order valence-corrected chi connectivity index (χ4v) is 5.07. The molecule has 1 amide bonds. The van der Waals surface area contributed by atoms with Gasteiger partial charge in [0, 0.05) is 19.6 Å². The number of hydrogen-bond acceptors (Lipinski definition) is 2. The van der Waals surface area contributed by atoms with Gasteiger partial charge < -0.3 is 4.90 Å². The molecule has 1 aromatic heterocycles. The van der Waals surface area contributed by atoms with Crippen molar-refractivity contribution >= 4 is 19.2 Å². The molecule has 2 aromatic rings. The molecule has 1 saturated carbocycles. The van der Waals surface area contributed by atoms with E-state index in [9.17, 15) is 18.0 Å². The van der Waals surface area contributed by atoms with Gasteiger partial charge in [0.05, 0.1) is 8.07 Å². The van der Waals surface area contributed by atoms with E-state index in [1.807, 2.05) is 18.2 Å². The molecule has 0 aliphatic heterocycles. The van der Waals surface area contributed by atoms with Gasteiger partial charge in [-0.15, -0.1) is 0 Å². The van der Waals surface area contributed by atoms with Crippen LogP contribution in [-0.4, -0.2) is 34.7 Å². The normalized spacial score (nSPS) is 14.7. The molecule has 0 radical (unpaired) electrons. The zero-order valence-electron chi connectivity index (χ0n) is 16.0. The highest BCUT2D eigenvalue weighted by Crippen LogP contribution is 2.32. The Labute approximate surface area is 158 Å². The van der Waals surface area contributed by atoms with Gasteiger partial charge in [0.25, 0.3) is 12.3 Å². The van der Waals surface area contributed by atoms with E-state index in [1.165, 1.54) is 17.1 Å². The van der Waals surface area contributed by atoms with Crippen LogP contribution in [0.15, 0.2) is 24.3 Å². The molecule has 0 bridgehead atoms. The lowest BCUT2D eigenvalue weighted by molar-refractivity contribution is 0.0712. The molecule has 146 valence electrons. The lowest BCUT2D eigenvalue weighted by Gasteiger charge is -2.27. The Morgan fingerprint density at radius 1 is 1.30 bits per heavy atom. The molecular weight excluding hydrogens is 371 g/mol. The predicted octanol–water partition coefficient (Wildman–Crippen LogP) is 3.85. The average Bonchev–Trinajstić information content (AvgIpc) is 3.38. The highest BCUT2D eigenvalue weighted by atomic mass is 28.3. The predicted molar refractivity (Wildman–Crippen MR) is 100 cm³/mol. The lowest BCUT2D eigenvalue weighted by atomic mass is 10.1. The third kappa shape index (κ3) is 3.95. The van der Waals surface area contributed by atoms with Crippen LogP contribution in [0, 0.1) is 5.95 Å². The highest BCUT2D eigenvalue weighted by Gasteiger charge is 2.38. The van der Waals surface area contributed by atoms with Crippen LogP contribution in [0.3, 0.4) is 0 Å². The van der Waals surface area contributed by atoms with E-state index in [1.54, 1.807) is 0 Å². The van der Waals surface area contributed by atoms with E-state index < -0.39 is 37.6 Å². The van der Waals surface area contributed by atoms with Gasteiger partial charge in [0.1, 0.15) is 11.3 Å². The van der Waals surface area contributed by atoms with Crippen LogP contribution < -0.4 is 5.19 Å². The molecule has 1 aliphatic rings. The molecule has 0 N–H and O–H groups in total. The van der Waals surface area contributed by atoms with E-state index in [2.05, 4.69) is 30.8 Å². The Morgan fingerprint density at radius 3 is 2.48 bits per heavy atom. The number of alkyl halides is 2. The standard InChI is InChI=1S/C19H24F3N3OSi/c1-24-18(22)15(16(23-24)17(20)21)19(26)25(13-9-10-13)11-12-7-5-6-8-14(12)27(2,3)4/h5-8,13,17H,9-11H2,1-4H3. The van der Waals surface area contributed by atoms with Crippen LogP contribution >= 0.6 is 0 Å². The summed E-state index contributed by atoms with van der Waals surface area (Å²) in [6.07, 6.45) is -1.41. The molecule has 1 aliphatic carbocycles. The van der Waals surface area contributed by atoms with Crippen molar-refractivity contribution in [3.8, 4) is 0 Å². The Balaban J connectivity index is 1.99. The number of rotatable bonds is 6. The number of carbonyl (C=O) groups excluding carboxylic acids is 1. The van der Waals surface area contributed by atoms with Crippen LogP contribution in [-0.2, 0) is 13.6 Å². The third-order valence-electron chi connectivity index (χ3n) is 4.84. The molecule has 0 saturated heterocycles. The van der Waals surface area contributed by atoms with Crippen molar-refractivity contribution in [3.63, 3.8) is 0 Å². The first-order chi connectivity index (χ1) is 12.6. The fraction of sp³-hybridized carbons (Fsp3) is 0.474. The minimum atomic E-state index is -3.00. The van der Waals surface area contributed by atoms with Crippen molar-refractivity contribution in [2.24, 2.45) is 7.05 Å². The molecule has 4 nitrogen and oxygen atoms in total.